The smallest absolute Gasteiger partial charge is 0.319 e. The molecule has 0 aliphatic carbocycles. The van der Waals surface area contributed by atoms with E-state index in [4.69, 9.17) is 4.74 Å². The Labute approximate surface area is 202 Å². The van der Waals surface area contributed by atoms with Gasteiger partial charge in [0.25, 0.3) is 0 Å². The predicted molar refractivity (Wildman–Crippen MR) is 138 cm³/mol. The number of amides is 2. The monoisotopic (exact) mass is 539 g/mol. The Morgan fingerprint density at radius 3 is 2.39 bits per heavy atom. The molecule has 0 saturated carbocycles. The summed E-state index contributed by atoms with van der Waals surface area (Å²) in [5.41, 5.74) is 2.88. The zero-order valence-electron chi connectivity index (χ0n) is 18.7. The third-order valence-corrected chi connectivity index (χ3v) is 4.11. The van der Waals surface area contributed by atoms with Crippen molar-refractivity contribution >= 4 is 41.7 Å². The second-order valence-electron chi connectivity index (χ2n) is 7.04. The first-order chi connectivity index (χ1) is 14.5. The van der Waals surface area contributed by atoms with Crippen molar-refractivity contribution in [2.45, 2.75) is 46.8 Å². The topological polar surface area (TPSA) is 86.8 Å². The minimum Gasteiger partial charge on any atom is -0.494 e. The Kier molecular flexibility index (Phi) is 12.4. The van der Waals surface area contributed by atoms with Gasteiger partial charge in [-0.1, -0.05) is 30.3 Å². The van der Waals surface area contributed by atoms with Crippen LogP contribution in [0, 0.1) is 0 Å². The van der Waals surface area contributed by atoms with E-state index >= 15 is 0 Å². The van der Waals surface area contributed by atoms with Crippen molar-refractivity contribution in [3.63, 3.8) is 0 Å². The first kappa shape index (κ1) is 26.5. The van der Waals surface area contributed by atoms with Gasteiger partial charge in [0, 0.05) is 30.4 Å². The van der Waals surface area contributed by atoms with Gasteiger partial charge in [-0.05, 0) is 51.5 Å². The lowest BCUT2D eigenvalue weighted by molar-refractivity contribution is 0.250. The Morgan fingerprint density at radius 2 is 1.74 bits per heavy atom. The largest absolute Gasteiger partial charge is 0.494 e. The van der Waals surface area contributed by atoms with Crippen LogP contribution in [0.2, 0.25) is 0 Å². The van der Waals surface area contributed by atoms with Crippen molar-refractivity contribution in [3.8, 4) is 5.75 Å². The number of nitrogens with zero attached hydrogens (tertiary/aromatic N) is 1. The first-order valence-electron chi connectivity index (χ1n) is 10.4. The van der Waals surface area contributed by atoms with Crippen LogP contribution in [0.25, 0.3) is 0 Å². The molecular weight excluding hydrogens is 505 g/mol. The molecule has 0 saturated heterocycles. The van der Waals surface area contributed by atoms with Gasteiger partial charge in [0.05, 0.1) is 13.2 Å². The second kappa shape index (κ2) is 14.5. The van der Waals surface area contributed by atoms with Gasteiger partial charge in [-0.25, -0.2) is 9.79 Å². The Morgan fingerprint density at radius 1 is 1.03 bits per heavy atom. The number of ether oxygens (including phenoxy) is 1. The number of anilines is 1. The molecule has 0 aliphatic rings. The summed E-state index contributed by atoms with van der Waals surface area (Å²) >= 11 is 0. The highest BCUT2D eigenvalue weighted by Gasteiger charge is 2.05. The molecule has 2 aromatic rings. The zero-order chi connectivity index (χ0) is 21.8. The summed E-state index contributed by atoms with van der Waals surface area (Å²) in [5.74, 6) is 1.62. The standard InChI is InChI=1S/C23H33N5O2.HI/c1-5-24-22(26-16-19-9-7-8-10-21(19)30-6-2)25-15-18-11-13-20(14-12-18)28-23(29)27-17(3)4;/h7-14,17H,5-6,15-16H2,1-4H3,(H2,24,25,26)(H2,27,28,29);1H. The van der Waals surface area contributed by atoms with E-state index in [2.05, 4.69) is 26.3 Å². The molecule has 170 valence electrons. The fourth-order valence-electron chi connectivity index (χ4n) is 2.76. The number of benzene rings is 2. The molecule has 0 aliphatic heterocycles. The van der Waals surface area contributed by atoms with Gasteiger partial charge < -0.3 is 26.0 Å². The Bertz CT molecular complexity index is 825. The fourth-order valence-corrected chi connectivity index (χ4v) is 2.76. The highest BCUT2D eigenvalue weighted by atomic mass is 127. The van der Waals surface area contributed by atoms with Crippen LogP contribution in [0.5, 0.6) is 5.75 Å². The minimum absolute atomic E-state index is 0. The lowest BCUT2D eigenvalue weighted by Crippen LogP contribution is -2.36. The molecule has 0 bridgehead atoms. The lowest BCUT2D eigenvalue weighted by atomic mass is 10.2. The molecule has 0 atom stereocenters. The highest BCUT2D eigenvalue weighted by molar-refractivity contribution is 14.0. The molecule has 4 N–H and O–H groups in total. The van der Waals surface area contributed by atoms with E-state index in [1.807, 2.05) is 76.2 Å². The number of para-hydroxylation sites is 1. The number of nitrogens with one attached hydrogen (secondary N) is 4. The number of halogens is 1. The van der Waals surface area contributed by atoms with Crippen LogP contribution in [-0.4, -0.2) is 31.2 Å². The van der Waals surface area contributed by atoms with Gasteiger partial charge in [-0.2, -0.15) is 0 Å². The molecule has 31 heavy (non-hydrogen) atoms. The van der Waals surface area contributed by atoms with E-state index in [0.717, 1.165) is 35.1 Å². The maximum atomic E-state index is 11.8. The Balaban J connectivity index is 0.00000480. The number of rotatable bonds is 9. The Hall–Kier alpha value is -2.49. The van der Waals surface area contributed by atoms with Crippen molar-refractivity contribution in [2.75, 3.05) is 18.5 Å². The predicted octanol–water partition coefficient (Wildman–Crippen LogP) is 4.49. The summed E-state index contributed by atoms with van der Waals surface area (Å²) in [6.45, 7) is 10.4. The van der Waals surface area contributed by atoms with Crippen LogP contribution in [0.4, 0.5) is 10.5 Å². The number of carbonyl (C=O) groups excluding carboxylic acids is 1. The van der Waals surface area contributed by atoms with Crippen molar-refractivity contribution in [2.24, 2.45) is 4.99 Å². The summed E-state index contributed by atoms with van der Waals surface area (Å²) in [6.07, 6.45) is 0. The first-order valence-corrected chi connectivity index (χ1v) is 10.4. The zero-order valence-corrected chi connectivity index (χ0v) is 21.0. The third-order valence-electron chi connectivity index (χ3n) is 4.11. The van der Waals surface area contributed by atoms with Crippen molar-refractivity contribution in [3.05, 3.63) is 59.7 Å². The molecular formula is C23H34IN5O2. The van der Waals surface area contributed by atoms with E-state index < -0.39 is 0 Å². The van der Waals surface area contributed by atoms with E-state index in [1.165, 1.54) is 0 Å². The van der Waals surface area contributed by atoms with Gasteiger partial charge in [-0.3, -0.25) is 0 Å². The van der Waals surface area contributed by atoms with Gasteiger partial charge in [0.1, 0.15) is 5.75 Å². The molecule has 0 aromatic heterocycles. The van der Waals surface area contributed by atoms with Crippen LogP contribution >= 0.6 is 24.0 Å². The van der Waals surface area contributed by atoms with Crippen LogP contribution in [-0.2, 0) is 13.1 Å². The van der Waals surface area contributed by atoms with Crippen LogP contribution in [0.1, 0.15) is 38.8 Å². The fraction of sp³-hybridized carbons (Fsp3) is 0.391. The molecule has 2 rings (SSSR count). The molecule has 0 radical (unpaired) electrons. The van der Waals surface area contributed by atoms with Crippen molar-refractivity contribution < 1.29 is 9.53 Å². The number of guanidine groups is 1. The highest BCUT2D eigenvalue weighted by Crippen LogP contribution is 2.17. The molecule has 0 heterocycles. The summed E-state index contributed by atoms with van der Waals surface area (Å²) in [4.78, 5) is 16.4. The number of carbonyl (C=O) groups is 1. The van der Waals surface area contributed by atoms with Gasteiger partial charge in [0.2, 0.25) is 0 Å². The maximum absolute atomic E-state index is 11.8. The lowest BCUT2D eigenvalue weighted by Gasteiger charge is -2.14. The van der Waals surface area contributed by atoms with Crippen LogP contribution in [0.15, 0.2) is 53.5 Å². The molecule has 2 amide bonds. The molecule has 0 unspecified atom stereocenters. The van der Waals surface area contributed by atoms with E-state index in [9.17, 15) is 4.79 Å². The SMILES string of the molecule is CCNC(=NCc1ccc(NC(=O)NC(C)C)cc1)NCc1ccccc1OCC.I. The second-order valence-corrected chi connectivity index (χ2v) is 7.04. The molecule has 0 spiro atoms. The van der Waals surface area contributed by atoms with E-state index in [-0.39, 0.29) is 36.0 Å². The average molecular weight is 539 g/mol. The summed E-state index contributed by atoms with van der Waals surface area (Å²) < 4.78 is 5.68. The van der Waals surface area contributed by atoms with Gasteiger partial charge >= 0.3 is 6.03 Å². The van der Waals surface area contributed by atoms with Gasteiger partial charge in [-0.15, -0.1) is 24.0 Å². The summed E-state index contributed by atoms with van der Waals surface area (Å²) in [5, 5.41) is 12.2. The average Bonchev–Trinajstić information content (AvgIpc) is 2.71. The number of aliphatic imine (C=N–C) groups is 1. The molecule has 8 heteroatoms. The van der Waals surface area contributed by atoms with E-state index in [0.29, 0.717) is 19.7 Å². The maximum Gasteiger partial charge on any atom is 0.319 e. The molecule has 2 aromatic carbocycles. The minimum atomic E-state index is -0.207. The van der Waals surface area contributed by atoms with Crippen LogP contribution in [0.3, 0.4) is 0 Å². The quantitative estimate of drug-likeness (QED) is 0.215. The molecule has 7 nitrogen and oxygen atoms in total. The normalized spacial score (nSPS) is 10.8. The summed E-state index contributed by atoms with van der Waals surface area (Å²) in [7, 11) is 0. The number of hydrogen-bond acceptors (Lipinski definition) is 3. The van der Waals surface area contributed by atoms with Gasteiger partial charge in [0.15, 0.2) is 5.96 Å². The number of urea groups is 1. The van der Waals surface area contributed by atoms with E-state index in [1.54, 1.807) is 0 Å². The summed E-state index contributed by atoms with van der Waals surface area (Å²) in [6, 6.07) is 15.6. The third kappa shape index (κ3) is 9.91. The van der Waals surface area contributed by atoms with Crippen molar-refractivity contribution in [1.29, 1.82) is 0 Å². The number of hydrogen-bond donors (Lipinski definition) is 4. The van der Waals surface area contributed by atoms with Crippen molar-refractivity contribution in [1.82, 2.24) is 16.0 Å². The van der Waals surface area contributed by atoms with Crippen LogP contribution < -0.4 is 26.0 Å². The molecule has 0 fully saturated rings.